The third-order valence-electron chi connectivity index (χ3n) is 2.49. The summed E-state index contributed by atoms with van der Waals surface area (Å²) >= 11 is 5.80. The van der Waals surface area contributed by atoms with Crippen LogP contribution >= 0.6 is 11.6 Å². The number of carbonyl (C=O) groups is 1. The highest BCUT2D eigenvalue weighted by molar-refractivity contribution is 7.89. The molecule has 19 heavy (non-hydrogen) atoms. The van der Waals surface area contributed by atoms with Crippen LogP contribution in [0.15, 0.2) is 18.2 Å². The predicted molar refractivity (Wildman–Crippen MR) is 68.9 cm³/mol. The Morgan fingerprint density at radius 3 is 2.63 bits per heavy atom. The van der Waals surface area contributed by atoms with Gasteiger partial charge in [0.1, 0.15) is 5.82 Å². The second-order valence-corrected chi connectivity index (χ2v) is 6.52. The van der Waals surface area contributed by atoms with Gasteiger partial charge in [-0.25, -0.2) is 17.1 Å². The first kappa shape index (κ1) is 15.9. The Morgan fingerprint density at radius 1 is 1.47 bits per heavy atom. The summed E-state index contributed by atoms with van der Waals surface area (Å²) in [7, 11) is -2.51. The molecule has 0 aliphatic carbocycles. The number of halogens is 2. The zero-order valence-corrected chi connectivity index (χ0v) is 11.7. The van der Waals surface area contributed by atoms with Crippen LogP contribution in [0.1, 0.15) is 12.0 Å². The van der Waals surface area contributed by atoms with Crippen molar-refractivity contribution in [2.45, 2.75) is 13.0 Å². The van der Waals surface area contributed by atoms with E-state index in [1.165, 1.54) is 25.2 Å². The van der Waals surface area contributed by atoms with Crippen LogP contribution in [0.2, 0.25) is 5.02 Å². The Balaban J connectivity index is 2.84. The molecule has 0 saturated heterocycles. The Morgan fingerprint density at radius 2 is 2.11 bits per heavy atom. The number of carboxylic acids is 1. The van der Waals surface area contributed by atoms with E-state index in [1.54, 1.807) is 0 Å². The van der Waals surface area contributed by atoms with Crippen LogP contribution in [0.25, 0.3) is 0 Å². The van der Waals surface area contributed by atoms with Gasteiger partial charge in [-0.3, -0.25) is 4.79 Å². The number of benzene rings is 1. The van der Waals surface area contributed by atoms with Crippen molar-refractivity contribution in [3.05, 3.63) is 34.6 Å². The number of carboxylic acid groups (broad SMARTS) is 1. The summed E-state index contributed by atoms with van der Waals surface area (Å²) in [6, 6.07) is 4.05. The number of nitrogens with zero attached hydrogens (tertiary/aromatic N) is 1. The van der Waals surface area contributed by atoms with Crippen molar-refractivity contribution < 1.29 is 22.7 Å². The Labute approximate surface area is 115 Å². The van der Waals surface area contributed by atoms with Crippen LogP contribution < -0.4 is 0 Å². The summed E-state index contributed by atoms with van der Waals surface area (Å²) in [6.45, 7) is -0.243. The van der Waals surface area contributed by atoms with E-state index in [0.717, 1.165) is 4.31 Å². The molecule has 1 aromatic rings. The molecule has 0 spiro atoms. The number of aliphatic carboxylic acids is 1. The van der Waals surface area contributed by atoms with Gasteiger partial charge in [0.25, 0.3) is 0 Å². The maximum atomic E-state index is 13.5. The molecule has 1 N–H and O–H groups in total. The van der Waals surface area contributed by atoms with Crippen molar-refractivity contribution in [3.8, 4) is 0 Å². The summed E-state index contributed by atoms with van der Waals surface area (Å²) in [4.78, 5) is 10.4. The molecule has 1 aromatic carbocycles. The summed E-state index contributed by atoms with van der Waals surface area (Å²) in [5, 5.41) is 8.60. The molecule has 0 amide bonds. The van der Waals surface area contributed by atoms with Crippen LogP contribution in [0.3, 0.4) is 0 Å². The van der Waals surface area contributed by atoms with Crippen molar-refractivity contribution in [1.82, 2.24) is 4.31 Å². The largest absolute Gasteiger partial charge is 0.481 e. The molecule has 0 atom stereocenters. The lowest BCUT2D eigenvalue weighted by molar-refractivity contribution is -0.136. The molecule has 0 aliphatic heterocycles. The molecule has 0 aliphatic rings. The van der Waals surface area contributed by atoms with Crippen LogP contribution in [0, 0.1) is 5.82 Å². The highest BCUT2D eigenvalue weighted by Crippen LogP contribution is 2.21. The maximum absolute atomic E-state index is 13.5. The number of hydrogen-bond donors (Lipinski definition) is 1. The van der Waals surface area contributed by atoms with Crippen LogP contribution in [0.4, 0.5) is 4.39 Å². The summed E-state index contributed by atoms with van der Waals surface area (Å²) in [5.41, 5.74) is 0.0607. The van der Waals surface area contributed by atoms with E-state index in [-0.39, 0.29) is 17.1 Å². The normalized spacial score (nSPS) is 11.8. The highest BCUT2D eigenvalue weighted by Gasteiger charge is 2.21. The lowest BCUT2D eigenvalue weighted by Gasteiger charge is -2.17. The fourth-order valence-electron chi connectivity index (χ4n) is 1.38. The van der Waals surface area contributed by atoms with Gasteiger partial charge in [-0.1, -0.05) is 17.7 Å². The maximum Gasteiger partial charge on any atom is 0.304 e. The zero-order chi connectivity index (χ0) is 14.6. The standard InChI is InChI=1S/C11H13ClFNO4S/c1-14(19(17,18)6-5-11(15)16)7-8-9(12)3-2-4-10(8)13/h2-4H,5-7H2,1H3,(H,15,16). The van der Waals surface area contributed by atoms with Crippen LogP contribution in [0.5, 0.6) is 0 Å². The van der Waals surface area contributed by atoms with Gasteiger partial charge in [0.05, 0.1) is 12.2 Å². The SMILES string of the molecule is CN(Cc1c(F)cccc1Cl)S(=O)(=O)CCC(=O)O. The van der Waals surface area contributed by atoms with E-state index in [9.17, 15) is 17.6 Å². The van der Waals surface area contributed by atoms with E-state index in [1.807, 2.05) is 0 Å². The molecule has 1 rings (SSSR count). The van der Waals surface area contributed by atoms with Gasteiger partial charge in [0, 0.05) is 24.2 Å². The second-order valence-electron chi connectivity index (χ2n) is 3.92. The van der Waals surface area contributed by atoms with Crippen LogP contribution in [-0.2, 0) is 21.4 Å². The van der Waals surface area contributed by atoms with Gasteiger partial charge in [0.2, 0.25) is 10.0 Å². The molecule has 0 bridgehead atoms. The lowest BCUT2D eigenvalue weighted by Crippen LogP contribution is -2.30. The van der Waals surface area contributed by atoms with Crippen molar-refractivity contribution in [2.75, 3.05) is 12.8 Å². The Hall–Kier alpha value is -1.18. The Kier molecular flexibility index (Phi) is 5.28. The predicted octanol–water partition coefficient (Wildman–Crippen LogP) is 1.72. The van der Waals surface area contributed by atoms with Crippen molar-refractivity contribution in [1.29, 1.82) is 0 Å². The first-order valence-corrected chi connectivity index (χ1v) is 7.31. The summed E-state index contributed by atoms with van der Waals surface area (Å²) < 4.78 is 37.9. The number of rotatable bonds is 6. The first-order chi connectivity index (χ1) is 8.74. The topological polar surface area (TPSA) is 74.7 Å². The van der Waals surface area contributed by atoms with Gasteiger partial charge in [-0.15, -0.1) is 0 Å². The van der Waals surface area contributed by atoms with Gasteiger partial charge in [0.15, 0.2) is 0 Å². The quantitative estimate of drug-likeness (QED) is 0.868. The molecule has 0 aromatic heterocycles. The molecule has 106 valence electrons. The van der Waals surface area contributed by atoms with Crippen molar-refractivity contribution >= 4 is 27.6 Å². The second kappa shape index (κ2) is 6.31. The third-order valence-corrected chi connectivity index (χ3v) is 4.64. The summed E-state index contributed by atoms with van der Waals surface area (Å²) in [5.74, 6) is -2.35. The van der Waals surface area contributed by atoms with Gasteiger partial charge < -0.3 is 5.11 Å². The lowest BCUT2D eigenvalue weighted by atomic mass is 10.2. The first-order valence-electron chi connectivity index (χ1n) is 5.32. The number of hydrogen-bond acceptors (Lipinski definition) is 3. The Bertz CT molecular complexity index is 556. The van der Waals surface area contributed by atoms with E-state index in [4.69, 9.17) is 16.7 Å². The minimum atomic E-state index is -3.76. The molecule has 0 unspecified atom stereocenters. The molecule has 0 heterocycles. The minimum Gasteiger partial charge on any atom is -0.481 e. The van der Waals surface area contributed by atoms with Gasteiger partial charge >= 0.3 is 5.97 Å². The molecule has 0 saturated carbocycles. The van der Waals surface area contributed by atoms with Gasteiger partial charge in [-0.05, 0) is 12.1 Å². The molecule has 8 heteroatoms. The monoisotopic (exact) mass is 309 g/mol. The average molecular weight is 310 g/mol. The number of sulfonamides is 1. The van der Waals surface area contributed by atoms with Crippen molar-refractivity contribution in [3.63, 3.8) is 0 Å². The third kappa shape index (κ3) is 4.45. The fraction of sp³-hybridized carbons (Fsp3) is 0.364. The van der Waals surface area contributed by atoms with E-state index in [2.05, 4.69) is 0 Å². The molecule has 0 fully saturated rings. The van der Waals surface area contributed by atoms with E-state index >= 15 is 0 Å². The van der Waals surface area contributed by atoms with E-state index < -0.39 is 34.0 Å². The average Bonchev–Trinajstić information content (AvgIpc) is 2.31. The summed E-state index contributed by atoms with van der Waals surface area (Å²) in [6.07, 6.45) is -0.502. The molecule has 5 nitrogen and oxygen atoms in total. The van der Waals surface area contributed by atoms with E-state index in [0.29, 0.717) is 0 Å². The van der Waals surface area contributed by atoms with Crippen LogP contribution in [-0.4, -0.2) is 36.6 Å². The molecular formula is C11H13ClFNO4S. The molecular weight excluding hydrogens is 297 g/mol. The zero-order valence-electron chi connectivity index (χ0n) is 10.1. The fourth-order valence-corrected chi connectivity index (χ4v) is 2.67. The highest BCUT2D eigenvalue weighted by atomic mass is 35.5. The van der Waals surface area contributed by atoms with Gasteiger partial charge in [-0.2, -0.15) is 0 Å². The van der Waals surface area contributed by atoms with Crippen molar-refractivity contribution in [2.24, 2.45) is 0 Å². The molecule has 0 radical (unpaired) electrons. The smallest absolute Gasteiger partial charge is 0.304 e. The minimum absolute atomic E-state index is 0.0607.